The average Bonchev–Trinajstić information content (AvgIpc) is 3.06. The molecule has 0 aliphatic rings. The Morgan fingerprint density at radius 2 is 1.95 bits per heavy atom. The van der Waals surface area contributed by atoms with Gasteiger partial charge in [-0.2, -0.15) is 0 Å². The van der Waals surface area contributed by atoms with Gasteiger partial charge in [0, 0.05) is 23.1 Å². The number of hydrogen-bond donors (Lipinski definition) is 2. The van der Waals surface area contributed by atoms with Crippen molar-refractivity contribution < 1.29 is 14.4 Å². The molecule has 0 atom stereocenters. The second-order valence-corrected chi connectivity index (χ2v) is 5.26. The van der Waals surface area contributed by atoms with E-state index in [0.29, 0.717) is 12.1 Å². The first-order chi connectivity index (χ1) is 10.8. The summed E-state index contributed by atoms with van der Waals surface area (Å²) in [6.45, 7) is 0.500. The number of carbonyl (C=O) groups is 2. The van der Waals surface area contributed by atoms with Gasteiger partial charge in [-0.15, -0.1) is 11.3 Å². The lowest BCUT2D eigenvalue weighted by Gasteiger charge is -2.06. The number of rotatable bonds is 7. The van der Waals surface area contributed by atoms with Crippen molar-refractivity contribution in [1.29, 1.82) is 0 Å². The second kappa shape index (κ2) is 8.76. The molecule has 0 aliphatic heterocycles. The number of amides is 2. The van der Waals surface area contributed by atoms with Crippen LogP contribution >= 0.6 is 11.3 Å². The van der Waals surface area contributed by atoms with Crippen LogP contribution in [0.1, 0.15) is 15.2 Å². The summed E-state index contributed by atoms with van der Waals surface area (Å²) in [6, 6.07) is 12.6. The van der Waals surface area contributed by atoms with Crippen molar-refractivity contribution in [3.05, 3.63) is 64.4 Å². The van der Waals surface area contributed by atoms with Crippen LogP contribution in [0.2, 0.25) is 0 Å². The van der Waals surface area contributed by atoms with Crippen LogP contribution in [-0.4, -0.2) is 25.0 Å². The van der Waals surface area contributed by atoms with Gasteiger partial charge >= 0.3 is 0 Å². The maximum Gasteiger partial charge on any atom is 0.274 e. The molecule has 5 nitrogen and oxygen atoms in total. The van der Waals surface area contributed by atoms with Crippen molar-refractivity contribution >= 4 is 29.2 Å². The maximum absolute atomic E-state index is 11.6. The standard InChI is InChI=1S/C16H16N2O3S/c19-15(9-8-14-7-4-12-22-14)17-10-11-21-18-16(20)13-5-2-1-3-6-13/h1-9,12H,10-11H2,(H,17,19)(H,18,20)/b9-8+. The molecule has 0 fully saturated rings. The Morgan fingerprint density at radius 1 is 1.14 bits per heavy atom. The quantitative estimate of drug-likeness (QED) is 0.468. The predicted octanol–water partition coefficient (Wildman–Crippen LogP) is 2.24. The zero-order chi connectivity index (χ0) is 15.6. The van der Waals surface area contributed by atoms with E-state index in [0.717, 1.165) is 4.88 Å². The molecule has 2 N–H and O–H groups in total. The van der Waals surface area contributed by atoms with Gasteiger partial charge in [0.15, 0.2) is 0 Å². The van der Waals surface area contributed by atoms with Crippen molar-refractivity contribution in [2.75, 3.05) is 13.2 Å². The highest BCUT2D eigenvalue weighted by molar-refractivity contribution is 7.10. The number of nitrogens with one attached hydrogen (secondary N) is 2. The summed E-state index contributed by atoms with van der Waals surface area (Å²) in [5.74, 6) is -0.518. The normalized spacial score (nSPS) is 10.5. The number of hydroxylamine groups is 1. The molecule has 0 bridgehead atoms. The molecule has 0 aliphatic carbocycles. The molecular formula is C16H16N2O3S. The minimum Gasteiger partial charge on any atom is -0.350 e. The van der Waals surface area contributed by atoms with Crippen molar-refractivity contribution in [2.24, 2.45) is 0 Å². The van der Waals surface area contributed by atoms with Gasteiger partial charge in [-0.1, -0.05) is 24.3 Å². The molecule has 1 aromatic carbocycles. The Morgan fingerprint density at radius 3 is 2.68 bits per heavy atom. The Hall–Kier alpha value is -2.44. The molecule has 1 heterocycles. The Bertz CT molecular complexity index is 624. The first-order valence-corrected chi connectivity index (χ1v) is 7.60. The van der Waals surface area contributed by atoms with E-state index in [4.69, 9.17) is 4.84 Å². The van der Waals surface area contributed by atoms with Crippen molar-refractivity contribution in [2.45, 2.75) is 0 Å². The molecule has 2 aromatic rings. The minimum absolute atomic E-state index is 0.192. The predicted molar refractivity (Wildman–Crippen MR) is 86.2 cm³/mol. The molecule has 6 heteroatoms. The van der Waals surface area contributed by atoms with E-state index in [-0.39, 0.29) is 18.4 Å². The molecule has 0 saturated heterocycles. The maximum atomic E-state index is 11.6. The van der Waals surface area contributed by atoms with Crippen molar-refractivity contribution in [3.8, 4) is 0 Å². The number of thiophene rings is 1. The summed E-state index contributed by atoms with van der Waals surface area (Å²) >= 11 is 1.56. The Labute approximate surface area is 132 Å². The average molecular weight is 316 g/mol. The van der Waals surface area contributed by atoms with Crippen LogP contribution in [0.5, 0.6) is 0 Å². The van der Waals surface area contributed by atoms with Gasteiger partial charge in [0.2, 0.25) is 5.91 Å². The zero-order valence-electron chi connectivity index (χ0n) is 11.8. The van der Waals surface area contributed by atoms with Crippen LogP contribution in [0, 0.1) is 0 Å². The summed E-state index contributed by atoms with van der Waals surface area (Å²) in [6.07, 6.45) is 3.21. The lowest BCUT2D eigenvalue weighted by Crippen LogP contribution is -2.30. The molecule has 2 amide bonds. The molecule has 114 valence electrons. The van der Waals surface area contributed by atoms with Gasteiger partial charge < -0.3 is 5.32 Å². The molecule has 0 radical (unpaired) electrons. The van der Waals surface area contributed by atoms with Gasteiger partial charge in [-0.05, 0) is 29.7 Å². The SMILES string of the molecule is O=C(/C=C/c1cccs1)NCCONC(=O)c1ccccc1. The van der Waals surface area contributed by atoms with E-state index in [9.17, 15) is 9.59 Å². The van der Waals surface area contributed by atoms with Crippen LogP contribution in [0.4, 0.5) is 0 Å². The van der Waals surface area contributed by atoms with Crippen LogP contribution in [0.15, 0.2) is 53.9 Å². The molecule has 1 aromatic heterocycles. The summed E-state index contributed by atoms with van der Waals surface area (Å²) in [5, 5.41) is 4.61. The van der Waals surface area contributed by atoms with E-state index in [1.165, 1.54) is 6.08 Å². The highest BCUT2D eigenvalue weighted by Crippen LogP contribution is 2.09. The minimum atomic E-state index is -0.315. The smallest absolute Gasteiger partial charge is 0.274 e. The molecule has 0 unspecified atom stereocenters. The fraction of sp³-hybridized carbons (Fsp3) is 0.125. The fourth-order valence-electron chi connectivity index (χ4n) is 1.59. The summed E-state index contributed by atoms with van der Waals surface area (Å²) in [4.78, 5) is 29.2. The largest absolute Gasteiger partial charge is 0.350 e. The third-order valence-electron chi connectivity index (χ3n) is 2.65. The van der Waals surface area contributed by atoms with Crippen LogP contribution in [-0.2, 0) is 9.63 Å². The monoisotopic (exact) mass is 316 g/mol. The van der Waals surface area contributed by atoms with E-state index in [2.05, 4.69) is 10.8 Å². The second-order valence-electron chi connectivity index (χ2n) is 4.29. The highest BCUT2D eigenvalue weighted by atomic mass is 32.1. The topological polar surface area (TPSA) is 67.4 Å². The van der Waals surface area contributed by atoms with Crippen LogP contribution in [0.25, 0.3) is 6.08 Å². The van der Waals surface area contributed by atoms with E-state index in [1.807, 2.05) is 23.6 Å². The van der Waals surface area contributed by atoms with Gasteiger partial charge in [0.05, 0.1) is 6.61 Å². The Kier molecular flexibility index (Phi) is 6.35. The van der Waals surface area contributed by atoms with Gasteiger partial charge in [0.25, 0.3) is 5.91 Å². The molecule has 2 rings (SSSR count). The molecular weight excluding hydrogens is 300 g/mol. The molecule has 0 saturated carbocycles. The number of hydrogen-bond acceptors (Lipinski definition) is 4. The van der Waals surface area contributed by atoms with Gasteiger partial charge in [-0.25, -0.2) is 5.48 Å². The molecule has 22 heavy (non-hydrogen) atoms. The zero-order valence-corrected chi connectivity index (χ0v) is 12.6. The number of carbonyl (C=O) groups excluding carboxylic acids is 2. The van der Waals surface area contributed by atoms with Gasteiger partial charge in [0.1, 0.15) is 0 Å². The van der Waals surface area contributed by atoms with E-state index < -0.39 is 0 Å². The Balaban J connectivity index is 1.59. The molecule has 0 spiro atoms. The highest BCUT2D eigenvalue weighted by Gasteiger charge is 2.03. The number of benzene rings is 1. The van der Waals surface area contributed by atoms with E-state index >= 15 is 0 Å². The lowest BCUT2D eigenvalue weighted by molar-refractivity contribution is -0.116. The van der Waals surface area contributed by atoms with Crippen LogP contribution < -0.4 is 10.8 Å². The van der Waals surface area contributed by atoms with Crippen molar-refractivity contribution in [1.82, 2.24) is 10.8 Å². The van der Waals surface area contributed by atoms with Crippen molar-refractivity contribution in [3.63, 3.8) is 0 Å². The van der Waals surface area contributed by atoms with Crippen LogP contribution in [0.3, 0.4) is 0 Å². The van der Waals surface area contributed by atoms with E-state index in [1.54, 1.807) is 41.7 Å². The summed E-state index contributed by atoms with van der Waals surface area (Å²) < 4.78 is 0. The fourth-order valence-corrected chi connectivity index (χ4v) is 2.21. The van der Waals surface area contributed by atoms with Gasteiger partial charge in [-0.3, -0.25) is 14.4 Å². The third kappa shape index (κ3) is 5.51. The summed E-state index contributed by atoms with van der Waals surface area (Å²) in [5.41, 5.74) is 2.84. The first kappa shape index (κ1) is 15.9. The third-order valence-corrected chi connectivity index (χ3v) is 3.48. The summed E-state index contributed by atoms with van der Waals surface area (Å²) in [7, 11) is 0. The first-order valence-electron chi connectivity index (χ1n) is 6.72. The lowest BCUT2D eigenvalue weighted by atomic mass is 10.2.